The average Bonchev–Trinajstić information content (AvgIpc) is 3.23. The predicted molar refractivity (Wildman–Crippen MR) is 84.2 cm³/mol. The number of likely N-dealkylation sites (tertiary alicyclic amines) is 1. The normalized spacial score (nSPS) is 29.4. The van der Waals surface area contributed by atoms with E-state index in [1.165, 1.54) is 30.2 Å². The Morgan fingerprint density at radius 2 is 1.75 bits per heavy atom. The summed E-state index contributed by atoms with van der Waals surface area (Å²) >= 11 is 0. The fourth-order valence-corrected chi connectivity index (χ4v) is 4.45. The second kappa shape index (κ2) is 5.83. The maximum absolute atomic E-state index is 13.4. The number of halogens is 2. The molecular weight excluding hydrogens is 314 g/mol. The van der Waals surface area contributed by atoms with Gasteiger partial charge in [0, 0.05) is 31.4 Å². The summed E-state index contributed by atoms with van der Waals surface area (Å²) in [6, 6.07) is 3.40. The lowest BCUT2D eigenvalue weighted by atomic mass is 10.0. The van der Waals surface area contributed by atoms with Crippen LogP contribution in [0.1, 0.15) is 25.7 Å². The predicted octanol–water partition coefficient (Wildman–Crippen LogP) is 2.58. The third-order valence-corrected chi connectivity index (χ3v) is 5.76. The first kappa shape index (κ1) is 15.5. The monoisotopic (exact) mass is 334 g/mol. The van der Waals surface area contributed by atoms with Gasteiger partial charge in [-0.15, -0.1) is 0 Å². The first-order valence-electron chi connectivity index (χ1n) is 8.60. The number of hydrogen-bond donors (Lipinski definition) is 0. The Kier molecular flexibility index (Phi) is 3.77. The lowest BCUT2D eigenvalue weighted by molar-refractivity contribution is -0.139. The fraction of sp³-hybridized carbons (Fsp3) is 0.556. The standard InChI is InChI=1S/C18H20F2N2O2/c19-15-5-4-13(8-16(15)20)22-7-6-14(18(22)24)17(23)21-9-11-2-1-3-12(11)10-21/h4-5,8,11-12,14H,1-3,6-7,9-10H2/t11-,12+,14-/m0/s1. The smallest absolute Gasteiger partial charge is 0.239 e. The third kappa shape index (κ3) is 2.48. The number of rotatable bonds is 2. The number of fused-ring (bicyclic) bond motifs is 1. The van der Waals surface area contributed by atoms with Gasteiger partial charge in [-0.05, 0) is 43.2 Å². The Labute approximate surface area is 139 Å². The Bertz CT molecular complexity index is 682. The van der Waals surface area contributed by atoms with Crippen molar-refractivity contribution in [3.63, 3.8) is 0 Å². The number of carbonyl (C=O) groups is 2. The van der Waals surface area contributed by atoms with Crippen LogP contribution >= 0.6 is 0 Å². The van der Waals surface area contributed by atoms with E-state index in [4.69, 9.17) is 0 Å². The third-order valence-electron chi connectivity index (χ3n) is 5.76. The van der Waals surface area contributed by atoms with Crippen molar-refractivity contribution < 1.29 is 18.4 Å². The molecular formula is C18H20F2N2O2. The molecule has 1 saturated carbocycles. The maximum Gasteiger partial charge on any atom is 0.239 e. The molecule has 3 atom stereocenters. The first-order chi connectivity index (χ1) is 11.5. The minimum absolute atomic E-state index is 0.0977. The van der Waals surface area contributed by atoms with E-state index in [-0.39, 0.29) is 11.8 Å². The van der Waals surface area contributed by atoms with E-state index in [0.717, 1.165) is 25.2 Å². The highest BCUT2D eigenvalue weighted by Gasteiger charge is 2.44. The summed E-state index contributed by atoms with van der Waals surface area (Å²) in [4.78, 5) is 28.6. The molecule has 1 aromatic carbocycles. The molecule has 0 aromatic heterocycles. The van der Waals surface area contributed by atoms with E-state index in [1.807, 2.05) is 4.90 Å². The van der Waals surface area contributed by atoms with E-state index in [9.17, 15) is 18.4 Å². The van der Waals surface area contributed by atoms with Crippen molar-refractivity contribution in [2.24, 2.45) is 17.8 Å². The Morgan fingerprint density at radius 3 is 2.42 bits per heavy atom. The van der Waals surface area contributed by atoms with E-state index in [0.29, 0.717) is 30.5 Å². The molecule has 3 fully saturated rings. The quantitative estimate of drug-likeness (QED) is 0.780. The first-order valence-corrected chi connectivity index (χ1v) is 8.60. The number of nitrogens with zero attached hydrogens (tertiary/aromatic N) is 2. The molecule has 0 unspecified atom stereocenters. The van der Waals surface area contributed by atoms with Crippen LogP contribution in [0.4, 0.5) is 14.5 Å². The number of amides is 2. The van der Waals surface area contributed by atoms with Crippen LogP contribution in [0, 0.1) is 29.4 Å². The van der Waals surface area contributed by atoms with Gasteiger partial charge in [-0.25, -0.2) is 8.78 Å². The van der Waals surface area contributed by atoms with Gasteiger partial charge in [0.25, 0.3) is 0 Å². The molecule has 2 amide bonds. The number of anilines is 1. The second-order valence-corrected chi connectivity index (χ2v) is 7.12. The topological polar surface area (TPSA) is 40.6 Å². The van der Waals surface area contributed by atoms with Gasteiger partial charge < -0.3 is 9.80 Å². The lowest BCUT2D eigenvalue weighted by Gasteiger charge is -2.21. The summed E-state index contributed by atoms with van der Waals surface area (Å²) in [7, 11) is 0. The second-order valence-electron chi connectivity index (χ2n) is 7.12. The van der Waals surface area contributed by atoms with Crippen molar-refractivity contribution in [2.45, 2.75) is 25.7 Å². The molecule has 1 aromatic rings. The molecule has 3 aliphatic rings. The molecule has 2 saturated heterocycles. The molecule has 4 rings (SSSR count). The lowest BCUT2D eigenvalue weighted by Crippen LogP contribution is -2.39. The van der Waals surface area contributed by atoms with Crippen LogP contribution in [-0.4, -0.2) is 36.3 Å². The van der Waals surface area contributed by atoms with Crippen molar-refractivity contribution in [1.82, 2.24) is 4.90 Å². The zero-order valence-corrected chi connectivity index (χ0v) is 13.4. The van der Waals surface area contributed by atoms with Gasteiger partial charge in [-0.1, -0.05) is 6.42 Å². The summed E-state index contributed by atoms with van der Waals surface area (Å²) in [6.45, 7) is 1.89. The van der Waals surface area contributed by atoms with Gasteiger partial charge in [-0.2, -0.15) is 0 Å². The summed E-state index contributed by atoms with van der Waals surface area (Å²) in [5, 5.41) is 0. The minimum atomic E-state index is -0.984. The zero-order chi connectivity index (χ0) is 16.8. The highest BCUT2D eigenvalue weighted by atomic mass is 19.2. The van der Waals surface area contributed by atoms with Crippen LogP contribution in [-0.2, 0) is 9.59 Å². The van der Waals surface area contributed by atoms with Gasteiger partial charge in [0.1, 0.15) is 5.92 Å². The van der Waals surface area contributed by atoms with Crippen LogP contribution in [0.2, 0.25) is 0 Å². The molecule has 0 N–H and O–H groups in total. The molecule has 128 valence electrons. The van der Waals surface area contributed by atoms with E-state index < -0.39 is 17.6 Å². The molecule has 2 heterocycles. The maximum atomic E-state index is 13.4. The molecule has 1 aliphatic carbocycles. The fourth-order valence-electron chi connectivity index (χ4n) is 4.45. The van der Waals surface area contributed by atoms with E-state index in [1.54, 1.807) is 0 Å². The van der Waals surface area contributed by atoms with Gasteiger partial charge in [0.2, 0.25) is 11.8 Å². The highest BCUT2D eigenvalue weighted by Crippen LogP contribution is 2.39. The van der Waals surface area contributed by atoms with Gasteiger partial charge in [0.15, 0.2) is 11.6 Å². The molecule has 0 bridgehead atoms. The number of hydrogen-bond acceptors (Lipinski definition) is 2. The minimum Gasteiger partial charge on any atom is -0.341 e. The van der Waals surface area contributed by atoms with Crippen LogP contribution in [0.3, 0.4) is 0 Å². The molecule has 0 spiro atoms. The van der Waals surface area contributed by atoms with Gasteiger partial charge in [-0.3, -0.25) is 9.59 Å². The summed E-state index contributed by atoms with van der Waals surface area (Å²) in [5.41, 5.74) is 0.312. The average molecular weight is 334 g/mol. The van der Waals surface area contributed by atoms with Gasteiger partial charge in [0.05, 0.1) is 0 Å². The van der Waals surface area contributed by atoms with Gasteiger partial charge >= 0.3 is 0 Å². The molecule has 2 aliphatic heterocycles. The largest absolute Gasteiger partial charge is 0.341 e. The van der Waals surface area contributed by atoms with Crippen molar-refractivity contribution in [3.05, 3.63) is 29.8 Å². The highest BCUT2D eigenvalue weighted by molar-refractivity contribution is 6.09. The summed E-state index contributed by atoms with van der Waals surface area (Å²) in [6.07, 6.45) is 4.02. The van der Waals surface area contributed by atoms with Crippen LogP contribution in [0.5, 0.6) is 0 Å². The van der Waals surface area contributed by atoms with E-state index in [2.05, 4.69) is 0 Å². The summed E-state index contributed by atoms with van der Waals surface area (Å²) in [5.74, 6) is -1.83. The van der Waals surface area contributed by atoms with Crippen molar-refractivity contribution in [2.75, 3.05) is 24.5 Å². The Balaban J connectivity index is 1.47. The van der Waals surface area contributed by atoms with Crippen LogP contribution in [0.15, 0.2) is 18.2 Å². The van der Waals surface area contributed by atoms with Crippen molar-refractivity contribution in [3.8, 4) is 0 Å². The molecule has 0 radical (unpaired) electrons. The molecule has 4 nitrogen and oxygen atoms in total. The van der Waals surface area contributed by atoms with Crippen LogP contribution in [0.25, 0.3) is 0 Å². The van der Waals surface area contributed by atoms with Crippen molar-refractivity contribution in [1.29, 1.82) is 0 Å². The van der Waals surface area contributed by atoms with Crippen molar-refractivity contribution >= 4 is 17.5 Å². The summed E-state index contributed by atoms with van der Waals surface area (Å²) < 4.78 is 26.5. The molecule has 24 heavy (non-hydrogen) atoms. The zero-order valence-electron chi connectivity index (χ0n) is 13.4. The number of carbonyl (C=O) groups excluding carboxylic acids is 2. The SMILES string of the molecule is O=C([C@@H]1CCN(c2ccc(F)c(F)c2)C1=O)N1C[C@H]2CCC[C@H]2C1. The van der Waals surface area contributed by atoms with Crippen LogP contribution < -0.4 is 4.90 Å². The molecule has 6 heteroatoms. The van der Waals surface area contributed by atoms with E-state index >= 15 is 0 Å². The Hall–Kier alpha value is -1.98. The Morgan fingerprint density at radius 1 is 1.04 bits per heavy atom. The number of benzene rings is 1.